The van der Waals surface area contributed by atoms with Gasteiger partial charge in [-0.25, -0.2) is 0 Å². The number of hydrogen-bond donors (Lipinski definition) is 1. The van der Waals surface area contributed by atoms with Crippen LogP contribution in [-0.2, 0) is 5.41 Å². The Bertz CT molecular complexity index is 1070. The molecule has 4 rings (SSSR count). The van der Waals surface area contributed by atoms with Crippen molar-refractivity contribution in [3.63, 3.8) is 0 Å². The molecular formula is C20H15BrClNO2. The number of fused-ring (bicyclic) bond motifs is 3. The standard InChI is InChI=1S/C20H15BrClNO2/c1-20(2)13-10-12(22)8-9-14(13)23-18(20)16(21)17(24)15(19(23)25)11-6-4-3-5-7-11/h3-10,24H,1-2H3. The van der Waals surface area contributed by atoms with E-state index >= 15 is 0 Å². The van der Waals surface area contributed by atoms with Crippen molar-refractivity contribution in [1.82, 2.24) is 4.57 Å². The molecule has 126 valence electrons. The molecule has 0 saturated carbocycles. The van der Waals surface area contributed by atoms with Gasteiger partial charge in [0.1, 0.15) is 5.75 Å². The maximum atomic E-state index is 13.3. The minimum absolute atomic E-state index is 0.0329. The average molecular weight is 417 g/mol. The van der Waals surface area contributed by atoms with E-state index in [9.17, 15) is 9.90 Å². The summed E-state index contributed by atoms with van der Waals surface area (Å²) < 4.78 is 2.21. The Labute approximate surface area is 158 Å². The molecule has 1 aliphatic rings. The summed E-state index contributed by atoms with van der Waals surface area (Å²) in [5.41, 5.74) is 2.75. The molecule has 0 unspecified atom stereocenters. The van der Waals surface area contributed by atoms with E-state index in [-0.39, 0.29) is 16.9 Å². The van der Waals surface area contributed by atoms with Gasteiger partial charge in [-0.2, -0.15) is 0 Å². The SMILES string of the molecule is CC1(C)c2cc(Cl)ccc2-n2c1c(Br)c(O)c(-c1ccccc1)c2=O. The van der Waals surface area contributed by atoms with Gasteiger partial charge in [0, 0.05) is 10.4 Å². The Balaban J connectivity index is 2.16. The van der Waals surface area contributed by atoms with Gasteiger partial charge < -0.3 is 5.11 Å². The molecular weight excluding hydrogens is 402 g/mol. The highest BCUT2D eigenvalue weighted by Crippen LogP contribution is 2.49. The molecule has 2 aromatic carbocycles. The Morgan fingerprint density at radius 3 is 2.48 bits per heavy atom. The van der Waals surface area contributed by atoms with Gasteiger partial charge in [-0.3, -0.25) is 9.36 Å². The molecule has 0 amide bonds. The highest BCUT2D eigenvalue weighted by Gasteiger charge is 2.40. The highest BCUT2D eigenvalue weighted by molar-refractivity contribution is 9.10. The third-order valence-electron chi connectivity index (χ3n) is 4.82. The van der Waals surface area contributed by atoms with Crippen LogP contribution in [0.2, 0.25) is 5.02 Å². The molecule has 0 bridgehead atoms. The van der Waals surface area contributed by atoms with E-state index in [1.165, 1.54) is 0 Å². The van der Waals surface area contributed by atoms with E-state index in [1.54, 1.807) is 10.6 Å². The summed E-state index contributed by atoms with van der Waals surface area (Å²) in [5.74, 6) is -0.0329. The Hall–Kier alpha value is -2.04. The van der Waals surface area contributed by atoms with Crippen LogP contribution in [0, 0.1) is 0 Å². The summed E-state index contributed by atoms with van der Waals surface area (Å²) in [4.78, 5) is 13.3. The summed E-state index contributed by atoms with van der Waals surface area (Å²) in [6.45, 7) is 4.04. The number of pyridine rings is 1. The highest BCUT2D eigenvalue weighted by atomic mass is 79.9. The zero-order valence-electron chi connectivity index (χ0n) is 13.7. The molecule has 1 aromatic heterocycles. The second-order valence-corrected chi connectivity index (χ2v) is 7.91. The van der Waals surface area contributed by atoms with E-state index < -0.39 is 5.41 Å². The normalized spacial score (nSPS) is 14.2. The minimum Gasteiger partial charge on any atom is -0.506 e. The lowest BCUT2D eigenvalue weighted by molar-refractivity contribution is 0.467. The van der Waals surface area contributed by atoms with Crippen LogP contribution in [0.5, 0.6) is 5.75 Å². The van der Waals surface area contributed by atoms with Crippen molar-refractivity contribution in [3.8, 4) is 22.6 Å². The molecule has 0 fully saturated rings. The molecule has 3 aromatic rings. The van der Waals surface area contributed by atoms with E-state index in [1.807, 2.05) is 56.3 Å². The predicted molar refractivity (Wildman–Crippen MR) is 104 cm³/mol. The Kier molecular flexibility index (Phi) is 3.60. The summed E-state index contributed by atoms with van der Waals surface area (Å²) in [7, 11) is 0. The zero-order chi connectivity index (χ0) is 17.9. The van der Waals surface area contributed by atoms with Crippen LogP contribution in [0.1, 0.15) is 25.1 Å². The Morgan fingerprint density at radius 2 is 1.80 bits per heavy atom. The van der Waals surface area contributed by atoms with Crippen molar-refractivity contribution in [2.75, 3.05) is 0 Å². The van der Waals surface area contributed by atoms with Crippen molar-refractivity contribution in [1.29, 1.82) is 0 Å². The van der Waals surface area contributed by atoms with Crippen LogP contribution in [0.3, 0.4) is 0 Å². The third kappa shape index (κ3) is 2.21. The van der Waals surface area contributed by atoms with Gasteiger partial charge in [0.05, 0.1) is 21.4 Å². The second kappa shape index (κ2) is 5.48. The number of aromatic nitrogens is 1. The van der Waals surface area contributed by atoms with Gasteiger partial charge in [0.25, 0.3) is 5.56 Å². The van der Waals surface area contributed by atoms with Gasteiger partial charge >= 0.3 is 0 Å². The van der Waals surface area contributed by atoms with Gasteiger partial charge in [0.15, 0.2) is 0 Å². The first-order valence-electron chi connectivity index (χ1n) is 7.88. The molecule has 3 nitrogen and oxygen atoms in total. The average Bonchev–Trinajstić information content (AvgIpc) is 2.82. The molecule has 0 atom stereocenters. The maximum Gasteiger partial charge on any atom is 0.267 e. The van der Waals surface area contributed by atoms with E-state index in [4.69, 9.17) is 11.6 Å². The molecule has 5 heteroatoms. The number of rotatable bonds is 1. The van der Waals surface area contributed by atoms with Gasteiger partial charge in [-0.1, -0.05) is 55.8 Å². The van der Waals surface area contributed by atoms with Crippen LogP contribution in [0.4, 0.5) is 0 Å². The minimum atomic E-state index is -0.467. The molecule has 0 aliphatic carbocycles. The van der Waals surface area contributed by atoms with Crippen molar-refractivity contribution in [2.24, 2.45) is 0 Å². The van der Waals surface area contributed by atoms with Crippen LogP contribution in [0.25, 0.3) is 16.8 Å². The van der Waals surface area contributed by atoms with Crippen LogP contribution in [-0.4, -0.2) is 9.67 Å². The zero-order valence-corrected chi connectivity index (χ0v) is 16.0. The second-order valence-electron chi connectivity index (χ2n) is 6.68. The molecule has 1 N–H and O–H groups in total. The van der Waals surface area contributed by atoms with Crippen molar-refractivity contribution < 1.29 is 5.11 Å². The topological polar surface area (TPSA) is 42.2 Å². The molecule has 1 aliphatic heterocycles. The molecule has 0 saturated heterocycles. The quantitative estimate of drug-likeness (QED) is 0.587. The summed E-state index contributed by atoms with van der Waals surface area (Å²) in [6.07, 6.45) is 0. The smallest absolute Gasteiger partial charge is 0.267 e. The number of aromatic hydroxyl groups is 1. The first kappa shape index (κ1) is 16.4. The summed E-state index contributed by atoms with van der Waals surface area (Å²) in [5, 5.41) is 11.4. The lowest BCUT2D eigenvalue weighted by Crippen LogP contribution is -2.25. The van der Waals surface area contributed by atoms with Crippen molar-refractivity contribution >= 4 is 27.5 Å². The number of halogens is 2. The Morgan fingerprint density at radius 1 is 1.12 bits per heavy atom. The fourth-order valence-corrected chi connectivity index (χ4v) is 4.66. The van der Waals surface area contributed by atoms with Gasteiger partial charge in [-0.05, 0) is 45.3 Å². The fourth-order valence-electron chi connectivity index (χ4n) is 3.61. The van der Waals surface area contributed by atoms with Crippen LogP contribution >= 0.6 is 27.5 Å². The monoisotopic (exact) mass is 415 g/mol. The first-order valence-corrected chi connectivity index (χ1v) is 9.05. The summed E-state index contributed by atoms with van der Waals surface area (Å²) >= 11 is 9.71. The lowest BCUT2D eigenvalue weighted by atomic mass is 9.83. The number of nitrogens with zero attached hydrogens (tertiary/aromatic N) is 1. The molecule has 2 heterocycles. The number of hydrogen-bond acceptors (Lipinski definition) is 2. The number of benzene rings is 2. The van der Waals surface area contributed by atoms with Crippen LogP contribution < -0.4 is 5.56 Å². The largest absolute Gasteiger partial charge is 0.506 e. The molecule has 25 heavy (non-hydrogen) atoms. The van der Waals surface area contributed by atoms with Gasteiger partial charge in [0.2, 0.25) is 0 Å². The molecule has 0 radical (unpaired) electrons. The third-order valence-corrected chi connectivity index (χ3v) is 5.81. The predicted octanol–water partition coefficient (Wildman–Crippen LogP) is 5.27. The van der Waals surface area contributed by atoms with Crippen molar-refractivity contribution in [2.45, 2.75) is 19.3 Å². The first-order chi connectivity index (χ1) is 11.8. The maximum absolute atomic E-state index is 13.3. The van der Waals surface area contributed by atoms with Crippen molar-refractivity contribution in [3.05, 3.63) is 79.6 Å². The van der Waals surface area contributed by atoms with Gasteiger partial charge in [-0.15, -0.1) is 0 Å². The fraction of sp³-hybridized carbons (Fsp3) is 0.150. The van der Waals surface area contributed by atoms with E-state index in [0.717, 1.165) is 16.9 Å². The van der Waals surface area contributed by atoms with E-state index in [0.29, 0.717) is 15.1 Å². The van der Waals surface area contributed by atoms with E-state index in [2.05, 4.69) is 15.9 Å². The lowest BCUT2D eigenvalue weighted by Gasteiger charge is -2.22. The summed E-state index contributed by atoms with van der Waals surface area (Å²) in [6, 6.07) is 14.7. The van der Waals surface area contributed by atoms with Crippen LogP contribution in [0.15, 0.2) is 57.8 Å². The molecule has 0 spiro atoms.